The summed E-state index contributed by atoms with van der Waals surface area (Å²) < 4.78 is 6.36. The number of rotatable bonds is 7. The molecule has 2 aromatic rings. The van der Waals surface area contributed by atoms with E-state index < -0.39 is 17.6 Å². The number of carbonyl (C=O) groups is 1. The van der Waals surface area contributed by atoms with E-state index in [0.29, 0.717) is 23.0 Å². The zero-order chi connectivity index (χ0) is 21.9. The van der Waals surface area contributed by atoms with Crippen molar-refractivity contribution in [3.63, 3.8) is 0 Å². The fraction of sp³-hybridized carbons (Fsp3) is 0.476. The number of benzene rings is 1. The summed E-state index contributed by atoms with van der Waals surface area (Å²) in [6.45, 7) is 9.42. The van der Waals surface area contributed by atoms with Gasteiger partial charge in [0.15, 0.2) is 0 Å². The third kappa shape index (κ3) is 5.47. The van der Waals surface area contributed by atoms with Crippen LogP contribution in [0.3, 0.4) is 0 Å². The SMILES string of the molecule is Cc1nc(Cl)c(CCO)c(C(c2ccc(C(C)C)cc2Br)C(C)(C)OC(N)=O)n1. The fourth-order valence-electron chi connectivity index (χ4n) is 3.47. The molecule has 2 rings (SSSR count). The third-order valence-corrected chi connectivity index (χ3v) is 5.80. The van der Waals surface area contributed by atoms with E-state index in [2.05, 4.69) is 45.8 Å². The highest BCUT2D eigenvalue weighted by molar-refractivity contribution is 9.10. The number of hydrogen-bond donors (Lipinski definition) is 2. The minimum Gasteiger partial charge on any atom is -0.443 e. The van der Waals surface area contributed by atoms with E-state index >= 15 is 0 Å². The number of nitrogens with zero attached hydrogens (tertiary/aromatic N) is 2. The number of amides is 1. The molecule has 3 N–H and O–H groups in total. The van der Waals surface area contributed by atoms with Gasteiger partial charge in [0, 0.05) is 23.1 Å². The zero-order valence-corrected chi connectivity index (χ0v) is 19.6. The molecule has 0 saturated heterocycles. The molecule has 0 radical (unpaired) electrons. The fourth-order valence-corrected chi connectivity index (χ4v) is 4.41. The molecule has 0 bridgehead atoms. The van der Waals surface area contributed by atoms with Gasteiger partial charge in [-0.05, 0) is 43.9 Å². The van der Waals surface area contributed by atoms with Crippen LogP contribution in [0.4, 0.5) is 4.79 Å². The molecule has 1 heterocycles. The van der Waals surface area contributed by atoms with Gasteiger partial charge in [0.25, 0.3) is 0 Å². The Labute approximate surface area is 185 Å². The summed E-state index contributed by atoms with van der Waals surface area (Å²) in [6.07, 6.45) is -0.602. The second-order valence-corrected chi connectivity index (χ2v) is 9.00. The van der Waals surface area contributed by atoms with E-state index in [1.54, 1.807) is 20.8 Å². The topological polar surface area (TPSA) is 98.3 Å². The summed E-state index contributed by atoms with van der Waals surface area (Å²) >= 11 is 10.1. The average Bonchev–Trinajstić information content (AvgIpc) is 2.57. The normalized spacial score (nSPS) is 12.9. The van der Waals surface area contributed by atoms with Gasteiger partial charge in [-0.3, -0.25) is 0 Å². The van der Waals surface area contributed by atoms with Crippen LogP contribution in [0.15, 0.2) is 22.7 Å². The lowest BCUT2D eigenvalue weighted by Gasteiger charge is -2.35. The molecule has 1 atom stereocenters. The average molecular weight is 485 g/mol. The van der Waals surface area contributed by atoms with Crippen molar-refractivity contribution in [3.8, 4) is 0 Å². The van der Waals surface area contributed by atoms with Gasteiger partial charge in [-0.25, -0.2) is 14.8 Å². The van der Waals surface area contributed by atoms with Gasteiger partial charge >= 0.3 is 6.09 Å². The monoisotopic (exact) mass is 483 g/mol. The number of aromatic nitrogens is 2. The van der Waals surface area contributed by atoms with Gasteiger partial charge in [-0.15, -0.1) is 0 Å². The molecule has 158 valence electrons. The quantitative estimate of drug-likeness (QED) is 0.547. The third-order valence-electron chi connectivity index (χ3n) is 4.80. The van der Waals surface area contributed by atoms with E-state index in [1.165, 1.54) is 5.56 Å². The molecule has 6 nitrogen and oxygen atoms in total. The first kappa shape index (κ1) is 23.6. The van der Waals surface area contributed by atoms with Crippen molar-refractivity contribution in [2.24, 2.45) is 5.73 Å². The van der Waals surface area contributed by atoms with Gasteiger partial charge in [0.2, 0.25) is 0 Å². The van der Waals surface area contributed by atoms with Crippen molar-refractivity contribution in [3.05, 3.63) is 56.0 Å². The lowest BCUT2D eigenvalue weighted by Crippen LogP contribution is -2.39. The van der Waals surface area contributed by atoms with Gasteiger partial charge in [-0.2, -0.15) is 0 Å². The summed E-state index contributed by atoms with van der Waals surface area (Å²) in [7, 11) is 0. The van der Waals surface area contributed by atoms with E-state index in [4.69, 9.17) is 22.1 Å². The van der Waals surface area contributed by atoms with Crippen molar-refractivity contribution in [1.29, 1.82) is 0 Å². The largest absolute Gasteiger partial charge is 0.443 e. The molecule has 29 heavy (non-hydrogen) atoms. The molecule has 0 fully saturated rings. The lowest BCUT2D eigenvalue weighted by atomic mass is 9.79. The number of carbonyl (C=O) groups excluding carboxylic acids is 1. The summed E-state index contributed by atoms with van der Waals surface area (Å²) in [6, 6.07) is 6.08. The molecule has 1 aromatic carbocycles. The summed E-state index contributed by atoms with van der Waals surface area (Å²) in [5.41, 5.74) is 7.57. The summed E-state index contributed by atoms with van der Waals surface area (Å²) in [5, 5.41) is 9.84. The van der Waals surface area contributed by atoms with Crippen LogP contribution in [0.25, 0.3) is 0 Å². The van der Waals surface area contributed by atoms with Crippen molar-refractivity contribution >= 4 is 33.6 Å². The second kappa shape index (κ2) is 9.41. The highest BCUT2D eigenvalue weighted by atomic mass is 79.9. The number of halogens is 2. The molecule has 0 spiro atoms. The van der Waals surface area contributed by atoms with Crippen molar-refractivity contribution in [1.82, 2.24) is 9.97 Å². The number of aliphatic hydroxyl groups excluding tert-OH is 1. The minimum atomic E-state index is -1.04. The van der Waals surface area contributed by atoms with E-state index in [1.807, 2.05) is 12.1 Å². The molecule has 0 aliphatic heterocycles. The molecule has 0 aliphatic carbocycles. The Balaban J connectivity index is 2.79. The van der Waals surface area contributed by atoms with E-state index in [9.17, 15) is 9.90 Å². The van der Waals surface area contributed by atoms with Crippen LogP contribution in [-0.2, 0) is 11.2 Å². The number of hydrogen-bond acceptors (Lipinski definition) is 5. The molecular weight excluding hydrogens is 458 g/mol. The molecule has 1 aromatic heterocycles. The number of ether oxygens (including phenoxy) is 1. The number of aliphatic hydroxyl groups is 1. The maximum atomic E-state index is 11.6. The molecule has 1 amide bonds. The Morgan fingerprint density at radius 2 is 2.00 bits per heavy atom. The smallest absolute Gasteiger partial charge is 0.405 e. The Bertz CT molecular complexity index is 903. The zero-order valence-electron chi connectivity index (χ0n) is 17.3. The van der Waals surface area contributed by atoms with Crippen LogP contribution < -0.4 is 5.73 Å². The van der Waals surface area contributed by atoms with E-state index in [0.717, 1.165) is 10.0 Å². The van der Waals surface area contributed by atoms with Crippen LogP contribution in [0.2, 0.25) is 5.15 Å². The van der Waals surface area contributed by atoms with Gasteiger partial charge in [0.1, 0.15) is 16.6 Å². The maximum absolute atomic E-state index is 11.6. The number of nitrogens with two attached hydrogens (primary N) is 1. The van der Waals surface area contributed by atoms with Crippen LogP contribution >= 0.6 is 27.5 Å². The Hall–Kier alpha value is -1.70. The second-order valence-electron chi connectivity index (χ2n) is 7.79. The van der Waals surface area contributed by atoms with Crippen molar-refractivity contribution < 1.29 is 14.6 Å². The first-order valence-corrected chi connectivity index (χ1v) is 10.6. The Kier molecular flexibility index (Phi) is 7.65. The molecule has 0 aliphatic rings. The minimum absolute atomic E-state index is 0.115. The predicted molar refractivity (Wildman–Crippen MR) is 117 cm³/mol. The van der Waals surface area contributed by atoms with Crippen molar-refractivity contribution in [2.75, 3.05) is 6.61 Å². The first-order valence-electron chi connectivity index (χ1n) is 9.39. The summed E-state index contributed by atoms with van der Waals surface area (Å²) in [4.78, 5) is 20.5. The van der Waals surface area contributed by atoms with Gasteiger partial charge in [-0.1, -0.05) is 53.5 Å². The Morgan fingerprint density at radius 3 is 2.52 bits per heavy atom. The van der Waals surface area contributed by atoms with Gasteiger partial charge in [0.05, 0.1) is 11.6 Å². The number of aryl methyl sites for hydroxylation is 1. The van der Waals surface area contributed by atoms with E-state index in [-0.39, 0.29) is 18.2 Å². The lowest BCUT2D eigenvalue weighted by molar-refractivity contribution is 0.0318. The predicted octanol–water partition coefficient (Wildman–Crippen LogP) is 4.86. The Morgan fingerprint density at radius 1 is 1.34 bits per heavy atom. The summed E-state index contributed by atoms with van der Waals surface area (Å²) in [5.74, 6) is 0.349. The maximum Gasteiger partial charge on any atom is 0.405 e. The highest BCUT2D eigenvalue weighted by Crippen LogP contribution is 2.42. The molecular formula is C21H27BrClN3O3. The van der Waals surface area contributed by atoms with Crippen LogP contribution in [0, 0.1) is 6.92 Å². The number of primary amides is 1. The van der Waals surface area contributed by atoms with Crippen LogP contribution in [0.1, 0.15) is 67.7 Å². The standard InChI is InChI=1S/C21H27BrClN3O3/c1-11(2)13-6-7-14(16(22)10-13)17(21(4,5)29-20(24)28)18-15(8-9-27)19(23)26-12(3)25-18/h6-7,10-11,17,27H,8-9H2,1-5H3,(H2,24,28). The van der Waals surface area contributed by atoms with Crippen molar-refractivity contribution in [2.45, 2.75) is 58.5 Å². The van der Waals surface area contributed by atoms with Gasteiger partial charge < -0.3 is 15.6 Å². The van der Waals surface area contributed by atoms with Crippen LogP contribution in [-0.4, -0.2) is 33.4 Å². The molecule has 0 saturated carbocycles. The highest BCUT2D eigenvalue weighted by Gasteiger charge is 2.39. The van der Waals surface area contributed by atoms with Crippen LogP contribution in [0.5, 0.6) is 0 Å². The molecule has 1 unspecified atom stereocenters. The molecule has 8 heteroatoms. The first-order chi connectivity index (χ1) is 13.5.